The number of benzene rings is 1. The summed E-state index contributed by atoms with van der Waals surface area (Å²) in [5.41, 5.74) is 0.650. The van der Waals surface area contributed by atoms with E-state index in [0.717, 1.165) is 25.2 Å². The lowest BCUT2D eigenvalue weighted by atomic mass is 10.1. The van der Waals surface area contributed by atoms with Crippen LogP contribution in [-0.4, -0.2) is 31.7 Å². The van der Waals surface area contributed by atoms with Crippen molar-refractivity contribution < 1.29 is 19.0 Å². The molecule has 0 amide bonds. The summed E-state index contributed by atoms with van der Waals surface area (Å²) >= 11 is 0. The van der Waals surface area contributed by atoms with Gasteiger partial charge in [-0.15, -0.1) is 0 Å². The zero-order chi connectivity index (χ0) is 11.7. The van der Waals surface area contributed by atoms with Gasteiger partial charge in [0.2, 0.25) is 5.78 Å². The topological polar surface area (TPSA) is 44.8 Å². The fourth-order valence-corrected chi connectivity index (χ4v) is 2.14. The molecule has 1 saturated heterocycles. The Bertz CT molecular complexity index is 435. The summed E-state index contributed by atoms with van der Waals surface area (Å²) in [5, 5.41) is 0. The van der Waals surface area contributed by atoms with Crippen LogP contribution in [0.3, 0.4) is 0 Å². The monoisotopic (exact) mass is 234 g/mol. The van der Waals surface area contributed by atoms with Crippen molar-refractivity contribution >= 4 is 5.78 Å². The maximum absolute atomic E-state index is 11.4. The van der Waals surface area contributed by atoms with Crippen LogP contribution in [0.2, 0.25) is 0 Å². The van der Waals surface area contributed by atoms with Crippen LogP contribution >= 0.6 is 0 Å². The number of fused-ring (bicyclic) bond motifs is 1. The fraction of sp³-hybridized carbons (Fsp3) is 0.462. The quantitative estimate of drug-likeness (QED) is 0.783. The Morgan fingerprint density at radius 2 is 2.29 bits per heavy atom. The maximum atomic E-state index is 11.4. The number of rotatable bonds is 2. The lowest BCUT2D eigenvalue weighted by Gasteiger charge is -2.23. The molecule has 4 heteroatoms. The molecule has 0 N–H and O–H groups in total. The van der Waals surface area contributed by atoms with Gasteiger partial charge in [0.05, 0.1) is 12.2 Å². The summed E-state index contributed by atoms with van der Waals surface area (Å²) in [6, 6.07) is 5.37. The third kappa shape index (κ3) is 2.13. The molecule has 2 aliphatic rings. The first kappa shape index (κ1) is 10.6. The van der Waals surface area contributed by atoms with Crippen molar-refractivity contribution in [2.45, 2.75) is 18.9 Å². The molecule has 2 heterocycles. The molecular formula is C13H14O4. The number of ether oxygens (including phenoxy) is 3. The average molecular weight is 234 g/mol. The molecule has 0 aliphatic carbocycles. The van der Waals surface area contributed by atoms with Crippen molar-refractivity contribution in [2.75, 3.05) is 19.8 Å². The van der Waals surface area contributed by atoms with Crippen LogP contribution in [-0.2, 0) is 4.74 Å². The van der Waals surface area contributed by atoms with E-state index in [1.54, 1.807) is 12.1 Å². The second-order valence-electron chi connectivity index (χ2n) is 4.33. The highest BCUT2D eigenvalue weighted by Crippen LogP contribution is 2.30. The number of hydrogen-bond acceptors (Lipinski definition) is 4. The molecule has 0 aromatic heterocycles. The minimum absolute atomic E-state index is 0.0348. The molecule has 1 aromatic carbocycles. The number of carbonyl (C=O) groups excluding carboxylic acids is 1. The molecule has 90 valence electrons. The molecule has 17 heavy (non-hydrogen) atoms. The summed E-state index contributed by atoms with van der Waals surface area (Å²) in [6.07, 6.45) is 2.15. The van der Waals surface area contributed by atoms with Gasteiger partial charge in [-0.25, -0.2) is 0 Å². The second-order valence-corrected chi connectivity index (χ2v) is 4.33. The minimum atomic E-state index is 0.0348. The maximum Gasteiger partial charge on any atom is 0.203 e. The number of Topliss-reactive ketones (excluding diaryl/α,β-unsaturated/α-hetero) is 1. The van der Waals surface area contributed by atoms with Gasteiger partial charge in [0, 0.05) is 12.7 Å². The normalized spacial score (nSPS) is 23.1. The van der Waals surface area contributed by atoms with E-state index >= 15 is 0 Å². The van der Waals surface area contributed by atoms with Gasteiger partial charge in [-0.1, -0.05) is 0 Å². The highest BCUT2D eigenvalue weighted by Gasteiger charge is 2.22. The highest BCUT2D eigenvalue weighted by atomic mass is 16.5. The average Bonchev–Trinajstić information content (AvgIpc) is 2.72. The van der Waals surface area contributed by atoms with Crippen LogP contribution in [0.5, 0.6) is 11.5 Å². The summed E-state index contributed by atoms with van der Waals surface area (Å²) in [5.74, 6) is 1.41. The van der Waals surface area contributed by atoms with Crippen LogP contribution in [0.1, 0.15) is 23.2 Å². The van der Waals surface area contributed by atoms with Crippen molar-refractivity contribution in [1.82, 2.24) is 0 Å². The molecule has 1 atom stereocenters. The molecule has 3 rings (SSSR count). The predicted molar refractivity (Wildman–Crippen MR) is 60.7 cm³/mol. The van der Waals surface area contributed by atoms with Crippen molar-refractivity contribution in [3.8, 4) is 11.5 Å². The molecule has 1 unspecified atom stereocenters. The van der Waals surface area contributed by atoms with E-state index in [2.05, 4.69) is 0 Å². The van der Waals surface area contributed by atoms with E-state index in [0.29, 0.717) is 17.9 Å². The van der Waals surface area contributed by atoms with Gasteiger partial charge < -0.3 is 14.2 Å². The van der Waals surface area contributed by atoms with Crippen LogP contribution < -0.4 is 9.47 Å². The first-order valence-electron chi connectivity index (χ1n) is 5.87. The minimum Gasteiger partial charge on any atom is -0.488 e. The first-order chi connectivity index (χ1) is 8.33. The molecule has 0 bridgehead atoms. The molecular weight excluding hydrogens is 220 g/mol. The zero-order valence-corrected chi connectivity index (χ0v) is 9.48. The van der Waals surface area contributed by atoms with E-state index in [-0.39, 0.29) is 18.5 Å². The Morgan fingerprint density at radius 1 is 1.35 bits per heavy atom. The largest absolute Gasteiger partial charge is 0.488 e. The second kappa shape index (κ2) is 4.37. The van der Waals surface area contributed by atoms with E-state index in [4.69, 9.17) is 14.2 Å². The van der Waals surface area contributed by atoms with E-state index in [1.165, 1.54) is 0 Å². The lowest BCUT2D eigenvalue weighted by molar-refractivity contribution is 0.00736. The van der Waals surface area contributed by atoms with Gasteiger partial charge in [-0.3, -0.25) is 4.79 Å². The molecule has 1 aromatic rings. The zero-order valence-electron chi connectivity index (χ0n) is 9.48. The van der Waals surface area contributed by atoms with E-state index in [1.807, 2.05) is 6.07 Å². The van der Waals surface area contributed by atoms with E-state index in [9.17, 15) is 4.79 Å². The van der Waals surface area contributed by atoms with Crippen LogP contribution in [0.25, 0.3) is 0 Å². The van der Waals surface area contributed by atoms with Crippen LogP contribution in [0.4, 0.5) is 0 Å². The van der Waals surface area contributed by atoms with Gasteiger partial charge in [0.1, 0.15) is 17.6 Å². The summed E-state index contributed by atoms with van der Waals surface area (Å²) in [6.45, 7) is 1.60. The summed E-state index contributed by atoms with van der Waals surface area (Å²) in [7, 11) is 0. The molecule has 0 spiro atoms. The standard InChI is InChI=1S/C13H14O4/c14-12-8-16-13-6-9(3-4-11(12)13)17-10-2-1-5-15-7-10/h3-4,6,10H,1-2,5,7-8H2. The number of ketones is 1. The smallest absolute Gasteiger partial charge is 0.203 e. The molecule has 0 saturated carbocycles. The summed E-state index contributed by atoms with van der Waals surface area (Å²) in [4.78, 5) is 11.4. The highest BCUT2D eigenvalue weighted by molar-refractivity contribution is 6.02. The Labute approximate surface area is 99.5 Å². The third-order valence-electron chi connectivity index (χ3n) is 3.03. The van der Waals surface area contributed by atoms with Crippen LogP contribution in [0.15, 0.2) is 18.2 Å². The van der Waals surface area contributed by atoms with Crippen molar-refractivity contribution in [2.24, 2.45) is 0 Å². The van der Waals surface area contributed by atoms with Crippen molar-refractivity contribution in [3.63, 3.8) is 0 Å². The van der Waals surface area contributed by atoms with Gasteiger partial charge >= 0.3 is 0 Å². The summed E-state index contributed by atoms with van der Waals surface area (Å²) < 4.78 is 16.4. The number of carbonyl (C=O) groups is 1. The van der Waals surface area contributed by atoms with Crippen molar-refractivity contribution in [1.29, 1.82) is 0 Å². The number of hydrogen-bond donors (Lipinski definition) is 0. The van der Waals surface area contributed by atoms with Gasteiger partial charge in [0.25, 0.3) is 0 Å². The van der Waals surface area contributed by atoms with Gasteiger partial charge in [-0.05, 0) is 25.0 Å². The fourth-order valence-electron chi connectivity index (χ4n) is 2.14. The third-order valence-corrected chi connectivity index (χ3v) is 3.03. The van der Waals surface area contributed by atoms with Gasteiger partial charge in [0.15, 0.2) is 6.61 Å². The molecule has 2 aliphatic heterocycles. The SMILES string of the molecule is O=C1COc2cc(OC3CCCOC3)ccc21. The van der Waals surface area contributed by atoms with E-state index < -0.39 is 0 Å². The van der Waals surface area contributed by atoms with Gasteiger partial charge in [-0.2, -0.15) is 0 Å². The lowest BCUT2D eigenvalue weighted by Crippen LogP contribution is -2.27. The molecule has 1 fully saturated rings. The first-order valence-corrected chi connectivity index (χ1v) is 5.87. The Hall–Kier alpha value is -1.55. The Kier molecular flexibility index (Phi) is 2.73. The Morgan fingerprint density at radius 3 is 3.12 bits per heavy atom. The predicted octanol–water partition coefficient (Wildman–Crippen LogP) is 1.82. The van der Waals surface area contributed by atoms with Crippen molar-refractivity contribution in [3.05, 3.63) is 23.8 Å². The molecule has 0 radical (unpaired) electrons. The Balaban J connectivity index is 1.73. The van der Waals surface area contributed by atoms with Crippen LogP contribution in [0, 0.1) is 0 Å². The molecule has 4 nitrogen and oxygen atoms in total.